The van der Waals surface area contributed by atoms with Gasteiger partial charge in [-0.3, -0.25) is 4.79 Å². The van der Waals surface area contributed by atoms with Crippen LogP contribution in [0.15, 0.2) is 0 Å². The summed E-state index contributed by atoms with van der Waals surface area (Å²) in [6.45, 7) is 0. The largest absolute Gasteiger partial charge is 1.00 e. The summed E-state index contributed by atoms with van der Waals surface area (Å²) in [5.74, 6) is 0. The van der Waals surface area contributed by atoms with Gasteiger partial charge in [0.15, 0.2) is 0 Å². The smallest absolute Gasteiger partial charge is 1.00 e. The minimum absolute atomic E-state index is 0. The van der Waals surface area contributed by atoms with E-state index in [-0.39, 0.29) is 31.0 Å². The summed E-state index contributed by atoms with van der Waals surface area (Å²) in [6, 6.07) is 0. The van der Waals surface area contributed by atoms with Crippen molar-refractivity contribution in [3.8, 4) is 0 Å². The van der Waals surface area contributed by atoms with Crippen LogP contribution in [0.4, 0.5) is 4.79 Å². The average Bonchev–Trinajstić information content (AvgIpc) is 0.811. The fraction of sp³-hybridized carbons (Fsp3) is 0. The summed E-state index contributed by atoms with van der Waals surface area (Å²) in [5, 5.41) is -0.639. The maximum atomic E-state index is 9.09. The van der Waals surface area contributed by atoms with Crippen molar-refractivity contribution in [1.82, 2.24) is 0 Å². The molecule has 26 valence electrons. The first-order valence-corrected chi connectivity index (χ1v) is 1.16. The molecule has 0 unspecified atom stereocenters. The molecule has 0 aliphatic rings. The summed E-state index contributed by atoms with van der Waals surface area (Å²) in [7, 11) is 0. The molecule has 0 aliphatic heterocycles. The summed E-state index contributed by atoms with van der Waals surface area (Å²) < 4.78 is 0. The van der Waals surface area contributed by atoms with Crippen LogP contribution in [0.1, 0.15) is 1.43 Å². The Morgan fingerprint density at radius 1 is 2.00 bits per heavy atom. The van der Waals surface area contributed by atoms with Crippen molar-refractivity contribution in [3.05, 3.63) is 0 Å². The van der Waals surface area contributed by atoms with Gasteiger partial charge in [0.1, 0.15) is 0 Å². The second-order valence-electron chi connectivity index (χ2n) is 0.338. The second-order valence-corrected chi connectivity index (χ2v) is 0.779. The van der Waals surface area contributed by atoms with Crippen molar-refractivity contribution in [2.24, 2.45) is 5.73 Å². The van der Waals surface area contributed by atoms with Gasteiger partial charge in [0.25, 0.3) is 5.24 Å². The zero-order valence-corrected chi connectivity index (χ0v) is 5.83. The molecule has 2 N–H and O–H groups in total. The van der Waals surface area contributed by atoms with Gasteiger partial charge in [0, 0.05) is 0 Å². The molecule has 0 saturated heterocycles. The van der Waals surface area contributed by atoms with E-state index in [1.807, 2.05) is 0 Å². The van der Waals surface area contributed by atoms with Gasteiger partial charge in [0.05, 0.1) is 0 Å². The number of rotatable bonds is 0. The number of hydrogen-bond donors (Lipinski definition) is 2. The van der Waals surface area contributed by atoms with Crippen LogP contribution in [0.3, 0.4) is 0 Å². The van der Waals surface area contributed by atoms with E-state index in [4.69, 9.17) is 4.79 Å². The molecular formula is CH4NNaOS. The Labute approximate surface area is 59.3 Å². The molecule has 2 nitrogen and oxygen atoms in total. The topological polar surface area (TPSA) is 43.1 Å². The van der Waals surface area contributed by atoms with Crippen LogP contribution in [-0.2, 0) is 0 Å². The summed E-state index contributed by atoms with van der Waals surface area (Å²) in [6.07, 6.45) is 0. The maximum Gasteiger partial charge on any atom is 1.00 e. The van der Waals surface area contributed by atoms with E-state index in [1.165, 1.54) is 0 Å². The van der Waals surface area contributed by atoms with Crippen molar-refractivity contribution in [2.45, 2.75) is 0 Å². The molecule has 5 heavy (non-hydrogen) atoms. The van der Waals surface area contributed by atoms with Crippen molar-refractivity contribution in [2.75, 3.05) is 0 Å². The van der Waals surface area contributed by atoms with Crippen LogP contribution in [0.2, 0.25) is 0 Å². The first kappa shape index (κ1) is 9.27. The van der Waals surface area contributed by atoms with Gasteiger partial charge in [-0.15, -0.1) is 0 Å². The van der Waals surface area contributed by atoms with Crippen molar-refractivity contribution in [1.29, 1.82) is 0 Å². The zero-order valence-electron chi connectivity index (χ0n) is 3.93. The number of carbonyl (C=O) groups is 1. The molecule has 0 fully saturated rings. The summed E-state index contributed by atoms with van der Waals surface area (Å²) in [4.78, 5) is 9.09. The minimum atomic E-state index is -0.639. The first-order valence-electron chi connectivity index (χ1n) is 0.716. The molecule has 0 bridgehead atoms. The number of carbonyl (C=O) groups excluding carboxylic acids is 1. The Hall–Kier alpha value is 0.820. The standard InChI is InChI=1S/CH3NOS.Na.H/c2-1(3)4;;/h(H3,2,3,4);;/q;+1;-1. The van der Waals surface area contributed by atoms with Crippen molar-refractivity contribution < 1.29 is 35.8 Å². The zero-order chi connectivity index (χ0) is 3.58. The molecule has 1 amide bonds. The Balaban J connectivity index is -0.0000000450. The van der Waals surface area contributed by atoms with Crippen LogP contribution >= 0.6 is 12.6 Å². The van der Waals surface area contributed by atoms with Gasteiger partial charge in [-0.05, 0) is 0 Å². The van der Waals surface area contributed by atoms with E-state index in [9.17, 15) is 0 Å². The number of thiol groups is 1. The molecule has 0 radical (unpaired) electrons. The Bertz CT molecular complexity index is 38.5. The number of nitrogens with two attached hydrogens (primary N) is 1. The van der Waals surface area contributed by atoms with Crippen LogP contribution in [-0.4, -0.2) is 5.24 Å². The fourth-order valence-electron chi connectivity index (χ4n) is 0. The fourth-order valence-corrected chi connectivity index (χ4v) is 0. The van der Waals surface area contributed by atoms with E-state index in [0.29, 0.717) is 0 Å². The Morgan fingerprint density at radius 2 is 2.00 bits per heavy atom. The molecule has 0 aromatic heterocycles. The first-order chi connectivity index (χ1) is 1.73. The maximum absolute atomic E-state index is 9.09. The van der Waals surface area contributed by atoms with Gasteiger partial charge in [0.2, 0.25) is 0 Å². The number of primary amides is 1. The summed E-state index contributed by atoms with van der Waals surface area (Å²) in [5.41, 5.74) is 4.34. The normalized spacial score (nSPS) is 5.00. The molecule has 0 rings (SSSR count). The number of hydrogen-bond acceptors (Lipinski definition) is 1. The third-order valence-corrected chi connectivity index (χ3v) is 0. The SMILES string of the molecule is NC(=O)S.[H-].[Na+]. The third kappa shape index (κ3) is 57.0. The van der Waals surface area contributed by atoms with Crippen molar-refractivity contribution in [3.63, 3.8) is 0 Å². The molecule has 0 spiro atoms. The van der Waals surface area contributed by atoms with Gasteiger partial charge >= 0.3 is 29.6 Å². The van der Waals surface area contributed by atoms with Crippen LogP contribution < -0.4 is 35.3 Å². The van der Waals surface area contributed by atoms with E-state index in [2.05, 4.69) is 18.4 Å². The average molecular weight is 101 g/mol. The monoisotopic (exact) mass is 101 g/mol. The molecule has 4 heteroatoms. The van der Waals surface area contributed by atoms with Gasteiger partial charge in [-0.1, -0.05) is 12.6 Å². The van der Waals surface area contributed by atoms with Gasteiger partial charge in [-0.25, -0.2) is 0 Å². The Morgan fingerprint density at radius 3 is 2.00 bits per heavy atom. The van der Waals surface area contributed by atoms with E-state index in [0.717, 1.165) is 0 Å². The second kappa shape index (κ2) is 4.82. The third-order valence-electron chi connectivity index (χ3n) is 0. The van der Waals surface area contributed by atoms with Gasteiger partial charge in [-0.2, -0.15) is 0 Å². The molecular weight excluding hydrogens is 97.1 g/mol. The number of amides is 1. The van der Waals surface area contributed by atoms with Crippen molar-refractivity contribution >= 4 is 17.9 Å². The van der Waals surface area contributed by atoms with Gasteiger partial charge < -0.3 is 7.16 Å². The van der Waals surface area contributed by atoms with Crippen LogP contribution in [0, 0.1) is 0 Å². The minimum Gasteiger partial charge on any atom is -1.00 e. The van der Waals surface area contributed by atoms with Crippen LogP contribution in [0.5, 0.6) is 0 Å². The molecule has 0 aromatic rings. The molecule has 0 heterocycles. The quantitative estimate of drug-likeness (QED) is 0.250. The molecule has 0 atom stereocenters. The predicted octanol–water partition coefficient (Wildman–Crippen LogP) is -2.89. The predicted molar refractivity (Wildman–Crippen MR) is 19.7 cm³/mol. The summed E-state index contributed by atoms with van der Waals surface area (Å²) >= 11 is 3.10. The Kier molecular flexibility index (Phi) is 8.93. The van der Waals surface area contributed by atoms with E-state index in [1.54, 1.807) is 0 Å². The molecule has 0 aromatic carbocycles. The molecule has 0 saturated carbocycles. The van der Waals surface area contributed by atoms with E-state index < -0.39 is 5.24 Å². The van der Waals surface area contributed by atoms with E-state index >= 15 is 0 Å². The van der Waals surface area contributed by atoms with Crippen LogP contribution in [0.25, 0.3) is 0 Å². The molecule has 0 aliphatic carbocycles.